The molecule has 0 aliphatic heterocycles. The number of carbonyl (C=O) groups excluding carboxylic acids is 5. The van der Waals surface area contributed by atoms with E-state index in [1.807, 2.05) is 0 Å². The fourth-order valence-corrected chi connectivity index (χ4v) is 9.91. The number of fused-ring (bicyclic) bond motifs is 3. The summed E-state index contributed by atoms with van der Waals surface area (Å²) in [6.07, 6.45) is -0.00551. The van der Waals surface area contributed by atoms with Crippen LogP contribution in [0.5, 0.6) is 11.5 Å². The SMILES string of the molecule is CCOP(=O)(OCC)C(Nc1cc(N(C)C)c2c(c1O)C(=O)C1C(=O)[C@]3(O)C(=O)C(C(N)=O)C(=O)[C@@H](N(C)C)[C@@H]3C[C@@H]1C2)c1ccc(OC)cc1. The number of ether oxygens (including phenoxy) is 1. The summed E-state index contributed by atoms with van der Waals surface area (Å²) >= 11 is 0. The second kappa shape index (κ2) is 14.1. The molecule has 2 aromatic carbocycles. The summed E-state index contributed by atoms with van der Waals surface area (Å²) in [5.74, 6) is -12.3. The molecule has 0 heterocycles. The van der Waals surface area contributed by atoms with Crippen LogP contribution in [0.4, 0.5) is 11.4 Å². The lowest BCUT2D eigenvalue weighted by Crippen LogP contribution is -2.74. The van der Waals surface area contributed by atoms with Gasteiger partial charge in [0.15, 0.2) is 40.4 Å². The molecule has 5 rings (SSSR count). The maximum Gasteiger partial charge on any atom is 0.357 e. The third kappa shape index (κ3) is 6.14. The number of likely N-dealkylation sites (N-methyl/N-ethyl adjacent to an activating group) is 1. The molecule has 2 saturated carbocycles. The number of nitrogens with one attached hydrogen (secondary N) is 1. The number of aliphatic hydroxyl groups is 1. The molecule has 276 valence electrons. The number of carbonyl (C=O) groups is 5. The number of nitrogens with zero attached hydrogens (tertiary/aromatic N) is 2. The van der Waals surface area contributed by atoms with Crippen LogP contribution in [0.25, 0.3) is 0 Å². The Morgan fingerprint density at radius 3 is 2.18 bits per heavy atom. The fourth-order valence-electron chi connectivity index (χ4n) is 7.99. The van der Waals surface area contributed by atoms with Crippen LogP contribution in [-0.2, 0) is 39.2 Å². The molecular formula is C35H45N4O11P. The highest BCUT2D eigenvalue weighted by atomic mass is 31.2. The summed E-state index contributed by atoms with van der Waals surface area (Å²) in [6.45, 7) is 3.39. The summed E-state index contributed by atoms with van der Waals surface area (Å²) in [5.41, 5.74) is 3.70. The van der Waals surface area contributed by atoms with Crippen LogP contribution in [0.15, 0.2) is 30.3 Å². The van der Waals surface area contributed by atoms with Gasteiger partial charge in [0.2, 0.25) is 5.91 Å². The number of phenols is 1. The highest BCUT2D eigenvalue weighted by molar-refractivity contribution is 7.54. The molecule has 2 aromatic rings. The second-order valence-corrected chi connectivity index (χ2v) is 15.6. The predicted molar refractivity (Wildman–Crippen MR) is 186 cm³/mol. The second-order valence-electron chi connectivity index (χ2n) is 13.5. The molecule has 2 fully saturated rings. The average Bonchev–Trinajstić information content (AvgIpc) is 3.05. The summed E-state index contributed by atoms with van der Waals surface area (Å²) in [6, 6.07) is 7.01. The average molecular weight is 729 g/mol. The third-order valence-electron chi connectivity index (χ3n) is 10.2. The number of primary amides is 1. The van der Waals surface area contributed by atoms with Gasteiger partial charge in [-0.2, -0.15) is 0 Å². The Labute approximate surface area is 295 Å². The number of phenolic OH excluding ortho intramolecular Hbond substituents is 1. The number of methoxy groups -OCH3 is 1. The molecule has 15 nitrogen and oxygen atoms in total. The molecule has 0 saturated heterocycles. The van der Waals surface area contributed by atoms with Gasteiger partial charge in [0.25, 0.3) is 0 Å². The summed E-state index contributed by atoms with van der Waals surface area (Å²) in [7, 11) is 4.02. The quantitative estimate of drug-likeness (QED) is 0.140. The van der Waals surface area contributed by atoms with Crippen LogP contribution in [0.3, 0.4) is 0 Å². The summed E-state index contributed by atoms with van der Waals surface area (Å²) in [4.78, 5) is 71.4. The van der Waals surface area contributed by atoms with Gasteiger partial charge in [-0.05, 0) is 76.0 Å². The van der Waals surface area contributed by atoms with Gasteiger partial charge >= 0.3 is 7.60 Å². The number of hydrogen-bond acceptors (Lipinski definition) is 14. The van der Waals surface area contributed by atoms with E-state index in [0.29, 0.717) is 22.6 Å². The molecule has 0 bridgehead atoms. The Hall–Kier alpha value is -4.14. The van der Waals surface area contributed by atoms with Crippen LogP contribution in [0.1, 0.15) is 47.5 Å². The topological polar surface area (TPSA) is 215 Å². The Morgan fingerprint density at radius 2 is 1.67 bits per heavy atom. The van der Waals surface area contributed by atoms with E-state index in [4.69, 9.17) is 19.5 Å². The molecule has 0 spiro atoms. The van der Waals surface area contributed by atoms with E-state index >= 15 is 0 Å². The van der Waals surface area contributed by atoms with E-state index in [9.17, 15) is 38.8 Å². The van der Waals surface area contributed by atoms with Crippen molar-refractivity contribution in [2.75, 3.05) is 58.7 Å². The number of benzene rings is 2. The molecule has 16 heteroatoms. The van der Waals surface area contributed by atoms with Gasteiger partial charge in [-0.3, -0.25) is 33.4 Å². The standard InChI is InChI=1S/C35H45N4O11P/c1-8-49-51(47,50-9-2)34(17-10-12-19(48-7)13-11-17)37-22-16-23(38(3)4)20-14-18-15-21-27(39(5)6)30(42)26(33(36)45)32(44)35(21,46)31(43)24(18)29(41)25(20)28(22)40/h10-13,16,18,21,24,26-27,34,37,40,46H,8-9,14-15H2,1-7H3,(H2,36,45)/t18-,21-,24?,26?,27-,34?,35-/m0/s1. The van der Waals surface area contributed by atoms with Crippen molar-refractivity contribution < 1.29 is 52.5 Å². The van der Waals surface area contributed by atoms with Crippen molar-refractivity contribution in [1.82, 2.24) is 4.90 Å². The molecule has 7 atom stereocenters. The number of aromatic hydroxyl groups is 1. The van der Waals surface area contributed by atoms with Gasteiger partial charge in [0, 0.05) is 25.7 Å². The minimum Gasteiger partial charge on any atom is -0.505 e. The summed E-state index contributed by atoms with van der Waals surface area (Å²) in [5, 5.41) is 26.9. The van der Waals surface area contributed by atoms with E-state index in [-0.39, 0.29) is 37.3 Å². The van der Waals surface area contributed by atoms with Crippen LogP contribution in [-0.4, -0.2) is 104 Å². The van der Waals surface area contributed by atoms with Crippen molar-refractivity contribution in [2.45, 2.75) is 44.1 Å². The van der Waals surface area contributed by atoms with Crippen molar-refractivity contribution in [3.8, 4) is 11.5 Å². The zero-order chi connectivity index (χ0) is 37.7. The molecule has 1 amide bonds. The third-order valence-corrected chi connectivity index (χ3v) is 12.5. The van der Waals surface area contributed by atoms with Crippen LogP contribution in [0.2, 0.25) is 0 Å². The lowest BCUT2D eigenvalue weighted by molar-refractivity contribution is -0.181. The first-order chi connectivity index (χ1) is 24.0. The van der Waals surface area contributed by atoms with Crippen LogP contribution < -0.4 is 20.7 Å². The van der Waals surface area contributed by atoms with E-state index < -0.39 is 83.5 Å². The van der Waals surface area contributed by atoms with Crippen LogP contribution in [0, 0.1) is 23.7 Å². The Kier molecular flexibility index (Phi) is 10.5. The summed E-state index contributed by atoms with van der Waals surface area (Å²) < 4.78 is 31.0. The molecule has 5 N–H and O–H groups in total. The van der Waals surface area contributed by atoms with Crippen LogP contribution >= 0.6 is 7.60 Å². The number of amides is 1. The smallest absolute Gasteiger partial charge is 0.357 e. The molecule has 3 unspecified atom stereocenters. The van der Waals surface area contributed by atoms with E-state index in [0.717, 1.165) is 0 Å². The molecule has 0 aromatic heterocycles. The van der Waals surface area contributed by atoms with Crippen molar-refractivity contribution in [3.05, 3.63) is 47.0 Å². The van der Waals surface area contributed by atoms with E-state index in [1.54, 1.807) is 63.2 Å². The van der Waals surface area contributed by atoms with Crippen molar-refractivity contribution in [2.24, 2.45) is 29.4 Å². The maximum absolute atomic E-state index is 14.5. The first-order valence-electron chi connectivity index (χ1n) is 16.7. The zero-order valence-corrected chi connectivity index (χ0v) is 30.6. The molecule has 51 heavy (non-hydrogen) atoms. The van der Waals surface area contributed by atoms with E-state index in [1.165, 1.54) is 26.1 Å². The number of nitrogens with two attached hydrogens (primary N) is 1. The number of rotatable bonds is 12. The van der Waals surface area contributed by atoms with Gasteiger partial charge in [0.1, 0.15) is 11.5 Å². The van der Waals surface area contributed by atoms with Crippen molar-refractivity contribution in [3.63, 3.8) is 0 Å². The van der Waals surface area contributed by atoms with Gasteiger partial charge in [-0.25, -0.2) is 0 Å². The van der Waals surface area contributed by atoms with Crippen molar-refractivity contribution >= 4 is 48.0 Å². The normalized spacial score (nSPS) is 26.6. The number of Topliss-reactive ketones (excluding diaryl/α,β-unsaturated/α-hetero) is 4. The molecule has 3 aliphatic carbocycles. The van der Waals surface area contributed by atoms with Gasteiger partial charge in [0.05, 0.1) is 43.5 Å². The molecule has 0 radical (unpaired) electrons. The number of ketones is 4. The largest absolute Gasteiger partial charge is 0.505 e. The zero-order valence-electron chi connectivity index (χ0n) is 29.7. The minimum atomic E-state index is -4.00. The highest BCUT2D eigenvalue weighted by Gasteiger charge is 2.69. The van der Waals surface area contributed by atoms with E-state index in [2.05, 4.69) is 5.32 Å². The highest BCUT2D eigenvalue weighted by Crippen LogP contribution is 2.62. The Bertz CT molecular complexity index is 1800. The lowest BCUT2D eigenvalue weighted by Gasteiger charge is -2.52. The van der Waals surface area contributed by atoms with Gasteiger partial charge in [-0.15, -0.1) is 0 Å². The number of anilines is 2. The Balaban J connectivity index is 1.66. The van der Waals surface area contributed by atoms with Crippen molar-refractivity contribution in [1.29, 1.82) is 0 Å². The van der Waals surface area contributed by atoms with Gasteiger partial charge < -0.3 is 39.9 Å². The van der Waals surface area contributed by atoms with Gasteiger partial charge in [-0.1, -0.05) is 12.1 Å². The number of hydrogen-bond donors (Lipinski definition) is 4. The molecular weight excluding hydrogens is 683 g/mol. The Morgan fingerprint density at radius 1 is 1.06 bits per heavy atom. The molecule has 3 aliphatic rings. The lowest BCUT2D eigenvalue weighted by atomic mass is 9.52. The first-order valence-corrected chi connectivity index (χ1v) is 18.3. The first kappa shape index (κ1) is 38.1. The monoisotopic (exact) mass is 728 g/mol. The minimum absolute atomic E-state index is 0.0228. The maximum atomic E-state index is 14.5. The fraction of sp³-hybridized carbons (Fsp3) is 0.514. The predicted octanol–water partition coefficient (Wildman–Crippen LogP) is 2.32.